The first-order chi connectivity index (χ1) is 9.34. The maximum atomic E-state index is 13.5. The molecule has 0 fully saturated rings. The van der Waals surface area contributed by atoms with Crippen LogP contribution in [0, 0.1) is 11.6 Å². The molecule has 0 saturated heterocycles. The Morgan fingerprint density at radius 3 is 2.25 bits per heavy atom. The quantitative estimate of drug-likeness (QED) is 0.843. The molecule has 0 bridgehead atoms. The summed E-state index contributed by atoms with van der Waals surface area (Å²) in [7, 11) is 0. The topological polar surface area (TPSA) is 55.1 Å². The van der Waals surface area contributed by atoms with Gasteiger partial charge in [-0.3, -0.25) is 4.79 Å². The van der Waals surface area contributed by atoms with E-state index in [2.05, 4.69) is 5.32 Å². The van der Waals surface area contributed by atoms with Crippen LogP contribution in [0.3, 0.4) is 0 Å². The van der Waals surface area contributed by atoms with Gasteiger partial charge >= 0.3 is 0 Å². The summed E-state index contributed by atoms with van der Waals surface area (Å²) in [5, 5.41) is 2.73. The van der Waals surface area contributed by atoms with E-state index < -0.39 is 23.2 Å². The lowest BCUT2D eigenvalue weighted by Gasteiger charge is -2.27. The van der Waals surface area contributed by atoms with Gasteiger partial charge in [-0.25, -0.2) is 8.78 Å². The second-order valence-electron chi connectivity index (χ2n) is 5.14. The Hall–Kier alpha value is -1.49. The Morgan fingerprint density at radius 2 is 1.80 bits per heavy atom. The first kappa shape index (κ1) is 16.6. The van der Waals surface area contributed by atoms with E-state index in [4.69, 9.17) is 5.73 Å². The lowest BCUT2D eigenvalue weighted by atomic mass is 9.92. The van der Waals surface area contributed by atoms with Crippen molar-refractivity contribution in [1.82, 2.24) is 5.32 Å². The van der Waals surface area contributed by atoms with E-state index >= 15 is 0 Å². The summed E-state index contributed by atoms with van der Waals surface area (Å²) in [6.45, 7) is 5.38. The van der Waals surface area contributed by atoms with E-state index in [0.717, 1.165) is 0 Å². The number of halogens is 2. The van der Waals surface area contributed by atoms with Crippen molar-refractivity contribution >= 4 is 5.91 Å². The van der Waals surface area contributed by atoms with Gasteiger partial charge in [-0.2, -0.15) is 0 Å². The van der Waals surface area contributed by atoms with E-state index in [1.807, 2.05) is 13.8 Å². The normalized spacial score (nSPS) is 13.1. The fourth-order valence-electron chi connectivity index (χ4n) is 2.02. The molecule has 5 heteroatoms. The highest BCUT2D eigenvalue weighted by Crippen LogP contribution is 2.16. The predicted molar refractivity (Wildman–Crippen MR) is 75.2 cm³/mol. The number of rotatable bonds is 6. The van der Waals surface area contributed by atoms with Gasteiger partial charge in [-0.05, 0) is 38.3 Å². The van der Waals surface area contributed by atoms with E-state index in [1.165, 1.54) is 18.2 Å². The van der Waals surface area contributed by atoms with Crippen molar-refractivity contribution in [2.45, 2.75) is 51.6 Å². The first-order valence-corrected chi connectivity index (χ1v) is 6.86. The molecule has 3 N–H and O–H groups in total. The van der Waals surface area contributed by atoms with Crippen molar-refractivity contribution < 1.29 is 13.6 Å². The monoisotopic (exact) mass is 284 g/mol. The maximum Gasteiger partial charge on any atom is 0.240 e. The van der Waals surface area contributed by atoms with E-state index in [1.54, 1.807) is 6.92 Å². The van der Waals surface area contributed by atoms with Crippen molar-refractivity contribution in [3.8, 4) is 0 Å². The molecule has 0 saturated carbocycles. The van der Waals surface area contributed by atoms with Crippen LogP contribution in [0.5, 0.6) is 0 Å². The van der Waals surface area contributed by atoms with Gasteiger partial charge < -0.3 is 11.1 Å². The standard InChI is InChI=1S/C15H22F2N2O/c1-4-15(18,5-2)14(20)19-10(3)9-11-12(16)7-6-8-13(11)17/h6-8,10H,4-5,9,18H2,1-3H3,(H,19,20). The summed E-state index contributed by atoms with van der Waals surface area (Å²) < 4.78 is 27.1. The molecule has 0 spiro atoms. The van der Waals surface area contributed by atoms with Gasteiger partial charge in [0.15, 0.2) is 0 Å². The van der Waals surface area contributed by atoms with Crippen LogP contribution in [0.4, 0.5) is 8.78 Å². The highest BCUT2D eigenvalue weighted by atomic mass is 19.1. The number of carbonyl (C=O) groups excluding carboxylic acids is 1. The summed E-state index contributed by atoms with van der Waals surface area (Å²) in [4.78, 5) is 12.1. The largest absolute Gasteiger partial charge is 0.352 e. The molecule has 1 rings (SSSR count). The molecule has 3 nitrogen and oxygen atoms in total. The van der Waals surface area contributed by atoms with E-state index in [-0.39, 0.29) is 17.9 Å². The molecule has 1 aromatic carbocycles. The second-order valence-corrected chi connectivity index (χ2v) is 5.14. The predicted octanol–water partition coefficient (Wildman–Crippen LogP) is 2.53. The van der Waals surface area contributed by atoms with Gasteiger partial charge in [0.25, 0.3) is 0 Å². The summed E-state index contributed by atoms with van der Waals surface area (Å²) in [5.41, 5.74) is 5.04. The number of nitrogens with one attached hydrogen (secondary N) is 1. The van der Waals surface area contributed by atoms with Crippen LogP contribution in [0.25, 0.3) is 0 Å². The third-order valence-electron chi connectivity index (χ3n) is 3.66. The molecule has 20 heavy (non-hydrogen) atoms. The van der Waals surface area contributed by atoms with Crippen molar-refractivity contribution in [2.24, 2.45) is 5.73 Å². The van der Waals surface area contributed by atoms with Crippen LogP contribution < -0.4 is 11.1 Å². The lowest BCUT2D eigenvalue weighted by molar-refractivity contribution is -0.127. The summed E-state index contributed by atoms with van der Waals surface area (Å²) in [6, 6.07) is 3.34. The molecule has 1 atom stereocenters. The van der Waals surface area contributed by atoms with Crippen molar-refractivity contribution in [3.63, 3.8) is 0 Å². The highest BCUT2D eigenvalue weighted by molar-refractivity contribution is 5.86. The number of hydrogen-bond acceptors (Lipinski definition) is 2. The number of amides is 1. The minimum atomic E-state index is -0.929. The molecule has 0 aliphatic rings. The van der Waals surface area contributed by atoms with Gasteiger partial charge in [0, 0.05) is 11.6 Å². The molecule has 1 unspecified atom stereocenters. The van der Waals surface area contributed by atoms with E-state index in [9.17, 15) is 13.6 Å². The van der Waals surface area contributed by atoms with E-state index in [0.29, 0.717) is 12.8 Å². The molecular weight excluding hydrogens is 262 g/mol. The van der Waals surface area contributed by atoms with Gasteiger partial charge in [0.05, 0.1) is 5.54 Å². The average Bonchev–Trinajstić information content (AvgIpc) is 2.42. The lowest BCUT2D eigenvalue weighted by Crippen LogP contribution is -2.55. The molecule has 0 radical (unpaired) electrons. The fourth-order valence-corrected chi connectivity index (χ4v) is 2.02. The Bertz CT molecular complexity index is 453. The summed E-state index contributed by atoms with van der Waals surface area (Å²) >= 11 is 0. The zero-order valence-electron chi connectivity index (χ0n) is 12.2. The zero-order chi connectivity index (χ0) is 15.3. The zero-order valence-corrected chi connectivity index (χ0v) is 12.2. The average molecular weight is 284 g/mol. The van der Waals surface area contributed by atoms with Crippen molar-refractivity contribution in [2.75, 3.05) is 0 Å². The number of hydrogen-bond donors (Lipinski definition) is 2. The molecule has 0 aromatic heterocycles. The second kappa shape index (κ2) is 6.79. The maximum absolute atomic E-state index is 13.5. The molecule has 1 amide bonds. The fraction of sp³-hybridized carbons (Fsp3) is 0.533. The highest BCUT2D eigenvalue weighted by Gasteiger charge is 2.30. The van der Waals surface area contributed by atoms with Crippen LogP contribution >= 0.6 is 0 Å². The smallest absolute Gasteiger partial charge is 0.240 e. The molecular formula is C15H22F2N2O. The molecule has 0 aliphatic carbocycles. The van der Waals surface area contributed by atoms with Crippen molar-refractivity contribution in [3.05, 3.63) is 35.4 Å². The third kappa shape index (κ3) is 3.76. The van der Waals surface area contributed by atoms with Gasteiger partial charge in [0.1, 0.15) is 11.6 Å². The SMILES string of the molecule is CCC(N)(CC)C(=O)NC(C)Cc1c(F)cccc1F. The Labute approximate surface area is 118 Å². The van der Waals surface area contributed by atoms with Gasteiger partial charge in [-0.15, -0.1) is 0 Å². The number of carbonyl (C=O) groups is 1. The number of nitrogens with two attached hydrogens (primary N) is 1. The molecule has 1 aromatic rings. The number of benzene rings is 1. The van der Waals surface area contributed by atoms with Crippen LogP contribution in [0.2, 0.25) is 0 Å². The summed E-state index contributed by atoms with van der Waals surface area (Å²) in [5.74, 6) is -1.49. The first-order valence-electron chi connectivity index (χ1n) is 6.86. The van der Waals surface area contributed by atoms with Crippen molar-refractivity contribution in [1.29, 1.82) is 0 Å². The Kier molecular flexibility index (Phi) is 5.62. The van der Waals surface area contributed by atoms with Gasteiger partial charge in [-0.1, -0.05) is 19.9 Å². The molecule has 112 valence electrons. The Balaban J connectivity index is 2.73. The minimum absolute atomic E-state index is 0.0177. The van der Waals surface area contributed by atoms with Crippen LogP contribution in [-0.2, 0) is 11.2 Å². The third-order valence-corrected chi connectivity index (χ3v) is 3.66. The van der Waals surface area contributed by atoms with Crippen LogP contribution in [-0.4, -0.2) is 17.5 Å². The van der Waals surface area contributed by atoms with Gasteiger partial charge in [0.2, 0.25) is 5.91 Å². The minimum Gasteiger partial charge on any atom is -0.352 e. The van der Waals surface area contributed by atoms with Crippen LogP contribution in [0.1, 0.15) is 39.2 Å². The molecule has 0 heterocycles. The summed E-state index contributed by atoms with van der Waals surface area (Å²) in [6.07, 6.45) is 1.11. The van der Waals surface area contributed by atoms with Crippen LogP contribution in [0.15, 0.2) is 18.2 Å². The Morgan fingerprint density at radius 1 is 1.30 bits per heavy atom. The molecule has 0 aliphatic heterocycles.